The summed E-state index contributed by atoms with van der Waals surface area (Å²) in [5.74, 6) is 1.05. The largest absolute Gasteiger partial charge is 0.316 e. The van der Waals surface area contributed by atoms with Gasteiger partial charge in [-0.25, -0.2) is 0 Å². The zero-order valence-corrected chi connectivity index (χ0v) is 12.3. The Bertz CT molecular complexity index is 482. The van der Waals surface area contributed by atoms with E-state index in [-0.39, 0.29) is 0 Å². The summed E-state index contributed by atoms with van der Waals surface area (Å²) in [4.78, 5) is 5.71. The van der Waals surface area contributed by atoms with Crippen molar-refractivity contribution in [1.82, 2.24) is 10.3 Å². The van der Waals surface area contributed by atoms with Crippen LogP contribution in [0.5, 0.6) is 0 Å². The summed E-state index contributed by atoms with van der Waals surface area (Å²) in [6.07, 6.45) is 2.82. The minimum absolute atomic E-state index is 0.446. The predicted molar refractivity (Wildman–Crippen MR) is 82.7 cm³/mol. The van der Waals surface area contributed by atoms with Crippen molar-refractivity contribution >= 4 is 11.8 Å². The maximum Gasteiger partial charge on any atom is 0.0419 e. The highest BCUT2D eigenvalue weighted by molar-refractivity contribution is 7.99. The second-order valence-electron chi connectivity index (χ2n) is 4.63. The van der Waals surface area contributed by atoms with E-state index in [2.05, 4.69) is 47.6 Å². The van der Waals surface area contributed by atoms with Crippen LogP contribution in [0.2, 0.25) is 0 Å². The molecule has 2 rings (SSSR count). The maximum atomic E-state index is 4.38. The van der Waals surface area contributed by atoms with Crippen molar-refractivity contribution in [3.63, 3.8) is 0 Å². The topological polar surface area (TPSA) is 24.9 Å². The first-order valence-electron chi connectivity index (χ1n) is 6.54. The summed E-state index contributed by atoms with van der Waals surface area (Å²) in [5, 5.41) is 3.37. The van der Waals surface area contributed by atoms with Gasteiger partial charge >= 0.3 is 0 Å². The molecule has 1 aromatic heterocycles. The number of nitrogens with one attached hydrogen (secondary N) is 1. The fraction of sp³-hybridized carbons (Fsp3) is 0.312. The second-order valence-corrected chi connectivity index (χ2v) is 5.73. The van der Waals surface area contributed by atoms with Gasteiger partial charge in [0.25, 0.3) is 0 Å². The molecule has 0 amide bonds. The van der Waals surface area contributed by atoms with Gasteiger partial charge in [0.05, 0.1) is 0 Å². The molecule has 1 unspecified atom stereocenters. The predicted octanol–water partition coefficient (Wildman–Crippen LogP) is 3.31. The summed E-state index contributed by atoms with van der Waals surface area (Å²) < 4.78 is 0. The monoisotopic (exact) mass is 272 g/mol. The van der Waals surface area contributed by atoms with Crippen LogP contribution in [0.4, 0.5) is 0 Å². The van der Waals surface area contributed by atoms with Crippen molar-refractivity contribution in [2.24, 2.45) is 0 Å². The molecule has 0 bridgehead atoms. The molecule has 0 aliphatic rings. The highest BCUT2D eigenvalue weighted by Crippen LogP contribution is 2.19. The molecular weight excluding hydrogens is 252 g/mol. The van der Waals surface area contributed by atoms with Crippen LogP contribution in [0.25, 0.3) is 0 Å². The van der Waals surface area contributed by atoms with E-state index >= 15 is 0 Å². The van der Waals surface area contributed by atoms with E-state index in [0.717, 1.165) is 17.9 Å². The number of aryl methyl sites for hydroxylation is 1. The van der Waals surface area contributed by atoms with Gasteiger partial charge in [0.2, 0.25) is 0 Å². The average Bonchev–Trinajstić information content (AvgIpc) is 2.46. The highest BCUT2D eigenvalue weighted by Gasteiger charge is 2.08. The van der Waals surface area contributed by atoms with Crippen molar-refractivity contribution < 1.29 is 0 Å². The van der Waals surface area contributed by atoms with Crippen LogP contribution in [0.15, 0.2) is 53.6 Å². The molecule has 3 heteroatoms. The number of hydrogen-bond donors (Lipinski definition) is 1. The lowest BCUT2D eigenvalue weighted by Crippen LogP contribution is -2.30. The Balaban J connectivity index is 1.87. The van der Waals surface area contributed by atoms with Gasteiger partial charge in [-0.2, -0.15) is 0 Å². The lowest BCUT2D eigenvalue weighted by atomic mass is 10.2. The molecule has 1 aromatic carbocycles. The van der Waals surface area contributed by atoms with Crippen LogP contribution < -0.4 is 5.32 Å². The van der Waals surface area contributed by atoms with E-state index in [4.69, 9.17) is 0 Å². The Morgan fingerprint density at radius 1 is 1.16 bits per heavy atom. The summed E-state index contributed by atoms with van der Waals surface area (Å²) in [7, 11) is 2.02. The van der Waals surface area contributed by atoms with Gasteiger partial charge in [0.15, 0.2) is 0 Å². The molecule has 0 radical (unpaired) electrons. The van der Waals surface area contributed by atoms with Crippen LogP contribution in [0, 0.1) is 6.92 Å². The van der Waals surface area contributed by atoms with Gasteiger partial charge in [0, 0.05) is 35.0 Å². The fourth-order valence-electron chi connectivity index (χ4n) is 1.85. The second kappa shape index (κ2) is 7.31. The summed E-state index contributed by atoms with van der Waals surface area (Å²) in [6.45, 7) is 2.12. The lowest BCUT2D eigenvalue weighted by molar-refractivity contribution is 0.609. The molecule has 0 saturated carbocycles. The summed E-state index contributed by atoms with van der Waals surface area (Å²) in [5.41, 5.74) is 2.45. The first kappa shape index (κ1) is 14.1. The molecule has 2 aromatic rings. The number of benzene rings is 1. The van der Waals surface area contributed by atoms with Gasteiger partial charge in [-0.3, -0.25) is 4.98 Å². The number of rotatable bonds is 6. The molecule has 0 spiro atoms. The zero-order valence-electron chi connectivity index (χ0n) is 11.5. The molecule has 0 aliphatic carbocycles. The first-order chi connectivity index (χ1) is 9.28. The lowest BCUT2D eigenvalue weighted by Gasteiger charge is -2.15. The van der Waals surface area contributed by atoms with Gasteiger partial charge in [-0.15, -0.1) is 11.8 Å². The van der Waals surface area contributed by atoms with Crippen LogP contribution >= 0.6 is 11.8 Å². The van der Waals surface area contributed by atoms with E-state index in [1.165, 1.54) is 10.5 Å². The molecule has 19 heavy (non-hydrogen) atoms. The van der Waals surface area contributed by atoms with E-state index < -0.39 is 0 Å². The smallest absolute Gasteiger partial charge is 0.0419 e. The molecule has 0 saturated heterocycles. The third-order valence-corrected chi connectivity index (χ3v) is 4.24. The SMILES string of the molecule is CNC(CSc1ccc(C)cc1)Cc1ccccn1. The van der Waals surface area contributed by atoms with Crippen molar-refractivity contribution in [2.75, 3.05) is 12.8 Å². The van der Waals surface area contributed by atoms with Crippen molar-refractivity contribution in [2.45, 2.75) is 24.3 Å². The normalized spacial score (nSPS) is 12.3. The number of hydrogen-bond acceptors (Lipinski definition) is 3. The molecule has 1 N–H and O–H groups in total. The molecule has 2 nitrogen and oxygen atoms in total. The Morgan fingerprint density at radius 3 is 2.58 bits per heavy atom. The Morgan fingerprint density at radius 2 is 1.95 bits per heavy atom. The first-order valence-corrected chi connectivity index (χ1v) is 7.53. The van der Waals surface area contributed by atoms with Gasteiger partial charge < -0.3 is 5.32 Å². The van der Waals surface area contributed by atoms with Crippen molar-refractivity contribution in [1.29, 1.82) is 0 Å². The summed E-state index contributed by atoms with van der Waals surface area (Å²) in [6, 6.07) is 15.2. The number of aromatic nitrogens is 1. The van der Waals surface area contributed by atoms with Crippen LogP contribution in [-0.2, 0) is 6.42 Å². The van der Waals surface area contributed by atoms with Crippen molar-refractivity contribution in [3.8, 4) is 0 Å². The number of likely N-dealkylation sites (N-methyl/N-ethyl adjacent to an activating group) is 1. The third-order valence-electron chi connectivity index (χ3n) is 3.06. The Hall–Kier alpha value is -1.32. The van der Waals surface area contributed by atoms with E-state index in [1.54, 1.807) is 0 Å². The minimum Gasteiger partial charge on any atom is -0.316 e. The van der Waals surface area contributed by atoms with E-state index in [1.807, 2.05) is 37.1 Å². The standard InChI is InChI=1S/C16H20N2S/c1-13-6-8-16(9-7-13)19-12-15(17-2)11-14-5-3-4-10-18-14/h3-10,15,17H,11-12H2,1-2H3. The molecule has 1 atom stereocenters. The average molecular weight is 272 g/mol. The quantitative estimate of drug-likeness (QED) is 0.817. The van der Waals surface area contributed by atoms with Crippen LogP contribution in [-0.4, -0.2) is 23.8 Å². The molecular formula is C16H20N2S. The fourth-order valence-corrected chi connectivity index (χ4v) is 2.85. The van der Waals surface area contributed by atoms with Crippen molar-refractivity contribution in [3.05, 3.63) is 59.9 Å². The van der Waals surface area contributed by atoms with Gasteiger partial charge in [-0.05, 0) is 38.2 Å². The number of pyridine rings is 1. The van der Waals surface area contributed by atoms with Crippen LogP contribution in [0.3, 0.4) is 0 Å². The van der Waals surface area contributed by atoms with Gasteiger partial charge in [0.1, 0.15) is 0 Å². The van der Waals surface area contributed by atoms with E-state index in [9.17, 15) is 0 Å². The maximum absolute atomic E-state index is 4.38. The highest BCUT2D eigenvalue weighted by atomic mass is 32.2. The third kappa shape index (κ3) is 4.69. The van der Waals surface area contributed by atoms with Gasteiger partial charge in [-0.1, -0.05) is 23.8 Å². The molecule has 0 fully saturated rings. The summed E-state index contributed by atoms with van der Waals surface area (Å²) >= 11 is 1.89. The molecule has 1 heterocycles. The number of thioether (sulfide) groups is 1. The molecule has 100 valence electrons. The number of nitrogens with zero attached hydrogens (tertiary/aromatic N) is 1. The Kier molecular flexibility index (Phi) is 5.43. The zero-order chi connectivity index (χ0) is 13.5. The van der Waals surface area contributed by atoms with E-state index in [0.29, 0.717) is 6.04 Å². The Labute approximate surface area is 119 Å². The van der Waals surface area contributed by atoms with Crippen LogP contribution in [0.1, 0.15) is 11.3 Å². The minimum atomic E-state index is 0.446. The molecule has 0 aliphatic heterocycles.